The van der Waals surface area contributed by atoms with E-state index in [4.69, 9.17) is 4.42 Å². The molecule has 4 nitrogen and oxygen atoms in total. The first-order valence-electron chi connectivity index (χ1n) is 7.32. The number of halogens is 2. The molecular weight excluding hydrogens is 292 g/mol. The first-order chi connectivity index (χ1) is 10.6. The van der Waals surface area contributed by atoms with Crippen LogP contribution in [-0.4, -0.2) is 35.0 Å². The van der Waals surface area contributed by atoms with E-state index in [9.17, 15) is 18.7 Å². The topological polar surface area (TPSA) is 53.7 Å². The second kappa shape index (κ2) is 6.04. The summed E-state index contributed by atoms with van der Waals surface area (Å²) < 4.78 is 31.0. The number of alkyl halides is 2. The Bertz CT molecular complexity index is 679. The molecule has 1 N–H and O–H groups in total. The van der Waals surface area contributed by atoms with Crippen molar-refractivity contribution < 1.29 is 23.1 Å². The maximum atomic E-state index is 12.8. The van der Waals surface area contributed by atoms with Gasteiger partial charge >= 0.3 is 5.97 Å². The van der Waals surface area contributed by atoms with Gasteiger partial charge < -0.3 is 9.52 Å². The van der Waals surface area contributed by atoms with Gasteiger partial charge in [0, 0.05) is 23.5 Å². The lowest BCUT2D eigenvalue weighted by molar-refractivity contribution is 0.0363. The van der Waals surface area contributed by atoms with Crippen molar-refractivity contribution in [3.63, 3.8) is 0 Å². The highest BCUT2D eigenvalue weighted by molar-refractivity contribution is 5.95. The van der Waals surface area contributed by atoms with Crippen LogP contribution in [0.4, 0.5) is 8.78 Å². The van der Waals surface area contributed by atoms with Gasteiger partial charge in [-0.25, -0.2) is 13.6 Å². The fourth-order valence-electron chi connectivity index (χ4n) is 2.90. The molecule has 0 bridgehead atoms. The van der Waals surface area contributed by atoms with Crippen LogP contribution in [0.3, 0.4) is 0 Å². The summed E-state index contributed by atoms with van der Waals surface area (Å²) in [5.41, 5.74) is 0.955. The van der Waals surface area contributed by atoms with Crippen LogP contribution in [0, 0.1) is 0 Å². The molecule has 0 spiro atoms. The molecule has 0 atom stereocenters. The Morgan fingerprint density at radius 1 is 1.36 bits per heavy atom. The number of hydrogen-bond acceptors (Lipinski definition) is 3. The third-order valence-corrected chi connectivity index (χ3v) is 4.22. The molecular formula is C16H17F2NO3. The van der Waals surface area contributed by atoms with Gasteiger partial charge in [0.15, 0.2) is 0 Å². The number of carboxylic acids is 1. The van der Waals surface area contributed by atoms with Crippen LogP contribution in [-0.2, 0) is 6.54 Å². The third kappa shape index (κ3) is 2.83. The Morgan fingerprint density at radius 3 is 2.68 bits per heavy atom. The van der Waals surface area contributed by atoms with Crippen LogP contribution >= 0.6 is 0 Å². The Kier molecular flexibility index (Phi) is 4.11. The first-order valence-corrected chi connectivity index (χ1v) is 7.32. The fraction of sp³-hybridized carbons (Fsp3) is 0.438. The number of aromatic carboxylic acids is 1. The summed E-state index contributed by atoms with van der Waals surface area (Å²) >= 11 is 0. The third-order valence-electron chi connectivity index (χ3n) is 4.22. The molecule has 1 aliphatic rings. The van der Waals surface area contributed by atoms with Crippen molar-refractivity contribution >= 4 is 16.9 Å². The lowest BCUT2D eigenvalue weighted by atomic mass is 9.91. The van der Waals surface area contributed by atoms with Crippen molar-refractivity contribution in [1.29, 1.82) is 0 Å². The van der Waals surface area contributed by atoms with Gasteiger partial charge in [-0.05, 0) is 18.9 Å². The molecule has 1 aromatic heterocycles. The van der Waals surface area contributed by atoms with E-state index in [1.165, 1.54) is 0 Å². The summed E-state index contributed by atoms with van der Waals surface area (Å²) in [4.78, 5) is 13.1. The Hall–Kier alpha value is -1.95. The molecule has 0 unspecified atom stereocenters. The number of rotatable bonds is 6. The highest BCUT2D eigenvalue weighted by Crippen LogP contribution is 2.31. The smallest absolute Gasteiger partial charge is 0.372 e. The number of carbonyl (C=O) groups is 1. The molecule has 3 rings (SSSR count). The van der Waals surface area contributed by atoms with Crippen molar-refractivity contribution in [1.82, 2.24) is 4.90 Å². The predicted molar refractivity (Wildman–Crippen MR) is 77.2 cm³/mol. The summed E-state index contributed by atoms with van der Waals surface area (Å²) in [7, 11) is 0. The van der Waals surface area contributed by atoms with E-state index in [2.05, 4.69) is 0 Å². The first kappa shape index (κ1) is 15.0. The molecule has 118 valence electrons. The normalized spacial score (nSPS) is 15.6. The molecule has 1 heterocycles. The fourth-order valence-corrected chi connectivity index (χ4v) is 2.90. The minimum Gasteiger partial charge on any atom is -0.475 e. The zero-order valence-corrected chi connectivity index (χ0v) is 12.0. The summed E-state index contributed by atoms with van der Waals surface area (Å²) in [6.07, 6.45) is 0.352. The van der Waals surface area contributed by atoms with E-state index < -0.39 is 12.4 Å². The number of fused-ring (bicyclic) bond motifs is 1. The van der Waals surface area contributed by atoms with Gasteiger partial charge in [0.05, 0.1) is 6.54 Å². The maximum Gasteiger partial charge on any atom is 0.372 e. The Labute approximate surface area is 126 Å². The molecule has 6 heteroatoms. The number of furan rings is 1. The van der Waals surface area contributed by atoms with Crippen molar-refractivity contribution in [3.8, 4) is 0 Å². The largest absolute Gasteiger partial charge is 0.475 e. The van der Waals surface area contributed by atoms with Crippen LogP contribution in [0.25, 0.3) is 11.0 Å². The number of benzene rings is 1. The molecule has 0 amide bonds. The van der Waals surface area contributed by atoms with Crippen LogP contribution in [0.2, 0.25) is 0 Å². The van der Waals surface area contributed by atoms with Crippen LogP contribution in [0.5, 0.6) is 0 Å². The zero-order valence-electron chi connectivity index (χ0n) is 12.0. The van der Waals surface area contributed by atoms with E-state index in [0.29, 0.717) is 16.5 Å². The summed E-state index contributed by atoms with van der Waals surface area (Å²) in [6, 6.07) is 7.09. The average molecular weight is 309 g/mol. The molecule has 0 aliphatic heterocycles. The van der Waals surface area contributed by atoms with Crippen molar-refractivity contribution in [3.05, 3.63) is 35.6 Å². The number of hydrogen-bond donors (Lipinski definition) is 1. The highest BCUT2D eigenvalue weighted by Gasteiger charge is 2.30. The van der Waals surface area contributed by atoms with Gasteiger partial charge in [0.2, 0.25) is 5.76 Å². The molecule has 1 saturated carbocycles. The van der Waals surface area contributed by atoms with E-state index in [-0.39, 0.29) is 24.9 Å². The second-order valence-corrected chi connectivity index (χ2v) is 5.62. The average Bonchev–Trinajstić information content (AvgIpc) is 2.75. The molecule has 1 aliphatic carbocycles. The second-order valence-electron chi connectivity index (χ2n) is 5.62. The minimum atomic E-state index is -2.44. The molecule has 22 heavy (non-hydrogen) atoms. The molecule has 0 radical (unpaired) electrons. The molecule has 1 aromatic carbocycles. The summed E-state index contributed by atoms with van der Waals surface area (Å²) in [6.45, 7) is -0.170. The van der Waals surface area contributed by atoms with E-state index in [1.807, 2.05) is 0 Å². The lowest BCUT2D eigenvalue weighted by Crippen LogP contribution is -2.42. The van der Waals surface area contributed by atoms with Gasteiger partial charge in [-0.15, -0.1) is 0 Å². The Balaban J connectivity index is 1.96. The SMILES string of the molecule is O=C(O)c1oc2ccccc2c1CN(CC(F)F)C1CCC1. The summed E-state index contributed by atoms with van der Waals surface area (Å²) in [5.74, 6) is -1.32. The van der Waals surface area contributed by atoms with Gasteiger partial charge in [0.25, 0.3) is 6.43 Å². The van der Waals surface area contributed by atoms with Gasteiger partial charge in [-0.3, -0.25) is 4.90 Å². The van der Waals surface area contributed by atoms with Crippen LogP contribution in [0.15, 0.2) is 28.7 Å². The van der Waals surface area contributed by atoms with Crippen molar-refractivity contribution in [2.24, 2.45) is 0 Å². The van der Waals surface area contributed by atoms with Crippen molar-refractivity contribution in [2.45, 2.75) is 38.3 Å². The molecule has 1 fully saturated rings. The minimum absolute atomic E-state index is 0.101. The quantitative estimate of drug-likeness (QED) is 0.883. The monoisotopic (exact) mass is 309 g/mol. The number of carboxylic acid groups (broad SMARTS) is 1. The van der Waals surface area contributed by atoms with Gasteiger partial charge in [-0.1, -0.05) is 24.6 Å². The number of nitrogens with zero attached hydrogens (tertiary/aromatic N) is 1. The maximum absolute atomic E-state index is 12.8. The molecule has 2 aromatic rings. The van der Waals surface area contributed by atoms with Gasteiger partial charge in [0.1, 0.15) is 5.58 Å². The standard InChI is InChI=1S/C16H17F2NO3/c17-14(18)9-19(10-4-3-5-10)8-12-11-6-1-2-7-13(11)22-15(12)16(20)21/h1-2,6-7,10,14H,3-5,8-9H2,(H,20,21). The van der Waals surface area contributed by atoms with E-state index in [1.54, 1.807) is 29.2 Å². The van der Waals surface area contributed by atoms with Gasteiger partial charge in [-0.2, -0.15) is 0 Å². The Morgan fingerprint density at radius 2 is 2.09 bits per heavy atom. The van der Waals surface area contributed by atoms with E-state index in [0.717, 1.165) is 19.3 Å². The van der Waals surface area contributed by atoms with Crippen LogP contribution < -0.4 is 0 Å². The molecule has 0 saturated heterocycles. The highest BCUT2D eigenvalue weighted by atomic mass is 19.3. The zero-order chi connectivity index (χ0) is 15.7. The van der Waals surface area contributed by atoms with Crippen LogP contribution in [0.1, 0.15) is 35.4 Å². The van der Waals surface area contributed by atoms with Crippen molar-refractivity contribution in [2.75, 3.05) is 6.54 Å². The predicted octanol–water partition coefficient (Wildman–Crippen LogP) is 3.75. The van der Waals surface area contributed by atoms with E-state index >= 15 is 0 Å². The lowest BCUT2D eigenvalue weighted by Gasteiger charge is -2.37. The number of para-hydroxylation sites is 1. The summed E-state index contributed by atoms with van der Waals surface area (Å²) in [5, 5.41) is 9.99.